The Morgan fingerprint density at radius 2 is 2.05 bits per heavy atom. The highest BCUT2D eigenvalue weighted by atomic mass is 32.2. The lowest BCUT2D eigenvalue weighted by Gasteiger charge is -2.32. The van der Waals surface area contributed by atoms with Gasteiger partial charge in [-0.05, 0) is 51.0 Å². The van der Waals surface area contributed by atoms with Crippen LogP contribution in [-0.4, -0.2) is 58.7 Å². The van der Waals surface area contributed by atoms with Crippen molar-refractivity contribution in [3.63, 3.8) is 0 Å². The Balaban J connectivity index is 1.70. The molecule has 0 aromatic heterocycles. The van der Waals surface area contributed by atoms with Crippen molar-refractivity contribution < 1.29 is 13.2 Å². The van der Waals surface area contributed by atoms with E-state index in [1.807, 2.05) is 0 Å². The average Bonchev–Trinajstić information content (AvgIpc) is 3.29. The molecule has 1 aliphatic carbocycles. The highest BCUT2D eigenvalue weighted by molar-refractivity contribution is 7.87. The maximum Gasteiger partial charge on any atom is 0.279 e. The average molecular weight is 319 g/mol. The third-order valence-corrected chi connectivity index (χ3v) is 5.73. The van der Waals surface area contributed by atoms with E-state index in [0.717, 1.165) is 32.2 Å². The van der Waals surface area contributed by atoms with Crippen LogP contribution in [0.5, 0.6) is 0 Å². The zero-order chi connectivity index (χ0) is 15.1. The van der Waals surface area contributed by atoms with E-state index in [-0.39, 0.29) is 0 Å². The smallest absolute Gasteiger partial charge is 0.279 e. The van der Waals surface area contributed by atoms with Gasteiger partial charge in [0.25, 0.3) is 10.2 Å². The first-order chi connectivity index (χ1) is 10.1. The maximum absolute atomic E-state index is 12.3. The first-order valence-electron chi connectivity index (χ1n) is 8.09. The van der Waals surface area contributed by atoms with Crippen molar-refractivity contribution in [2.45, 2.75) is 44.6 Å². The van der Waals surface area contributed by atoms with Gasteiger partial charge in [-0.2, -0.15) is 12.7 Å². The van der Waals surface area contributed by atoms with Gasteiger partial charge in [0.15, 0.2) is 0 Å². The number of rotatable bonds is 10. The molecule has 124 valence electrons. The molecule has 0 aromatic carbocycles. The van der Waals surface area contributed by atoms with E-state index in [1.54, 1.807) is 11.4 Å². The number of piperidine rings is 1. The zero-order valence-corrected chi connectivity index (χ0v) is 13.8. The van der Waals surface area contributed by atoms with Crippen LogP contribution in [0.2, 0.25) is 0 Å². The van der Waals surface area contributed by atoms with Crippen molar-refractivity contribution in [3.05, 3.63) is 0 Å². The lowest BCUT2D eigenvalue weighted by Crippen LogP contribution is -2.48. The van der Waals surface area contributed by atoms with E-state index in [4.69, 9.17) is 4.74 Å². The summed E-state index contributed by atoms with van der Waals surface area (Å²) in [6.45, 7) is 3.42. The van der Waals surface area contributed by atoms with Crippen LogP contribution in [0.1, 0.15) is 38.5 Å². The van der Waals surface area contributed by atoms with Gasteiger partial charge in [-0.1, -0.05) is 0 Å². The van der Waals surface area contributed by atoms with Crippen LogP contribution in [0.15, 0.2) is 0 Å². The fraction of sp³-hybridized carbons (Fsp3) is 1.00. The Hall–Kier alpha value is -0.210. The predicted molar refractivity (Wildman–Crippen MR) is 83.4 cm³/mol. The van der Waals surface area contributed by atoms with Crippen molar-refractivity contribution in [1.29, 1.82) is 0 Å². The van der Waals surface area contributed by atoms with E-state index >= 15 is 0 Å². The maximum atomic E-state index is 12.3. The quantitative estimate of drug-likeness (QED) is 0.582. The number of nitrogens with one attached hydrogen (secondary N) is 2. The molecule has 1 saturated carbocycles. The highest BCUT2D eigenvalue weighted by Crippen LogP contribution is 2.22. The number of hydrogen-bond acceptors (Lipinski definition) is 4. The minimum absolute atomic E-state index is 0.449. The molecule has 0 aromatic rings. The van der Waals surface area contributed by atoms with Gasteiger partial charge >= 0.3 is 0 Å². The van der Waals surface area contributed by atoms with Crippen molar-refractivity contribution in [3.8, 4) is 0 Å². The topological polar surface area (TPSA) is 70.7 Å². The molecule has 2 aliphatic rings. The Bertz CT molecular complexity index is 398. The normalized spacial score (nSPS) is 24.3. The Labute approximate surface area is 128 Å². The minimum atomic E-state index is -3.31. The van der Waals surface area contributed by atoms with Crippen molar-refractivity contribution in [1.82, 2.24) is 14.3 Å². The number of unbranched alkanes of at least 4 members (excludes halogenated alkanes) is 1. The largest absolute Gasteiger partial charge is 0.385 e. The summed E-state index contributed by atoms with van der Waals surface area (Å²) >= 11 is 0. The van der Waals surface area contributed by atoms with E-state index in [0.29, 0.717) is 38.2 Å². The van der Waals surface area contributed by atoms with Crippen LogP contribution in [0.25, 0.3) is 0 Å². The summed E-state index contributed by atoms with van der Waals surface area (Å²) in [4.78, 5) is 0. The summed E-state index contributed by atoms with van der Waals surface area (Å²) in [5.74, 6) is 0.449. The number of hydrogen-bond donors (Lipinski definition) is 2. The minimum Gasteiger partial charge on any atom is -0.385 e. The lowest BCUT2D eigenvalue weighted by molar-refractivity contribution is 0.193. The fourth-order valence-electron chi connectivity index (χ4n) is 2.70. The van der Waals surface area contributed by atoms with E-state index in [1.165, 1.54) is 12.8 Å². The fourth-order valence-corrected chi connectivity index (χ4v) is 4.06. The third-order valence-electron chi connectivity index (χ3n) is 4.15. The molecule has 1 heterocycles. The number of ether oxygens (including phenoxy) is 1. The van der Waals surface area contributed by atoms with E-state index < -0.39 is 10.2 Å². The van der Waals surface area contributed by atoms with Crippen molar-refractivity contribution in [2.24, 2.45) is 5.92 Å². The van der Waals surface area contributed by atoms with Gasteiger partial charge in [-0.25, -0.2) is 4.72 Å². The van der Waals surface area contributed by atoms with Gasteiger partial charge in [0.2, 0.25) is 0 Å². The molecule has 2 N–H and O–H groups in total. The van der Waals surface area contributed by atoms with Crippen LogP contribution in [0, 0.1) is 5.92 Å². The van der Waals surface area contributed by atoms with Crippen LogP contribution < -0.4 is 10.0 Å². The van der Waals surface area contributed by atoms with Crippen molar-refractivity contribution in [2.75, 3.05) is 39.9 Å². The molecule has 7 heteroatoms. The molecular weight excluding hydrogens is 290 g/mol. The van der Waals surface area contributed by atoms with Gasteiger partial charge < -0.3 is 10.1 Å². The van der Waals surface area contributed by atoms with E-state index in [2.05, 4.69) is 10.0 Å². The van der Waals surface area contributed by atoms with Crippen molar-refractivity contribution >= 4 is 10.2 Å². The zero-order valence-electron chi connectivity index (χ0n) is 13.0. The Morgan fingerprint density at radius 1 is 1.24 bits per heavy atom. The molecule has 0 spiro atoms. The molecular formula is C14H29N3O3S. The van der Waals surface area contributed by atoms with Gasteiger partial charge in [0.1, 0.15) is 0 Å². The SMILES string of the molecule is COCCCCNS(=O)(=O)N1CCCC(CNC2CC2)C1. The van der Waals surface area contributed by atoms with Gasteiger partial charge in [-0.3, -0.25) is 0 Å². The second-order valence-electron chi connectivity index (χ2n) is 6.15. The molecule has 0 bridgehead atoms. The molecule has 6 nitrogen and oxygen atoms in total. The van der Waals surface area contributed by atoms with Crippen LogP contribution in [-0.2, 0) is 14.9 Å². The van der Waals surface area contributed by atoms with Crippen LogP contribution >= 0.6 is 0 Å². The Morgan fingerprint density at radius 3 is 2.76 bits per heavy atom. The van der Waals surface area contributed by atoms with Gasteiger partial charge in [-0.15, -0.1) is 0 Å². The Kier molecular flexibility index (Phi) is 6.88. The summed E-state index contributed by atoms with van der Waals surface area (Å²) in [6.07, 6.45) is 6.33. The molecule has 1 saturated heterocycles. The lowest BCUT2D eigenvalue weighted by atomic mass is 10.00. The predicted octanol–water partition coefficient (Wildman–Crippen LogP) is 0.711. The molecule has 0 amide bonds. The third kappa shape index (κ3) is 6.20. The monoisotopic (exact) mass is 319 g/mol. The first-order valence-corrected chi connectivity index (χ1v) is 9.53. The standard InChI is InChI=1S/C14H29N3O3S/c1-20-10-3-2-8-16-21(18,19)17-9-4-5-13(12-17)11-15-14-6-7-14/h13-16H,2-12H2,1H3. The summed E-state index contributed by atoms with van der Waals surface area (Å²) in [6, 6.07) is 0.691. The van der Waals surface area contributed by atoms with Crippen LogP contribution in [0.3, 0.4) is 0 Å². The summed E-state index contributed by atoms with van der Waals surface area (Å²) in [5, 5.41) is 3.51. The van der Waals surface area contributed by atoms with Gasteiger partial charge in [0.05, 0.1) is 0 Å². The summed E-state index contributed by atoms with van der Waals surface area (Å²) < 4.78 is 33.8. The molecule has 2 fully saturated rings. The van der Waals surface area contributed by atoms with Gasteiger partial charge in [0, 0.05) is 39.4 Å². The van der Waals surface area contributed by atoms with E-state index in [9.17, 15) is 8.42 Å². The second-order valence-corrected chi connectivity index (χ2v) is 7.90. The number of nitrogens with zero attached hydrogens (tertiary/aromatic N) is 1. The molecule has 2 rings (SSSR count). The summed E-state index contributed by atoms with van der Waals surface area (Å²) in [7, 11) is -1.65. The molecule has 1 atom stereocenters. The number of methoxy groups -OCH3 is 1. The molecule has 21 heavy (non-hydrogen) atoms. The second kappa shape index (κ2) is 8.43. The molecule has 0 radical (unpaired) electrons. The van der Waals surface area contributed by atoms with Crippen LogP contribution in [0.4, 0.5) is 0 Å². The molecule has 1 aliphatic heterocycles. The highest BCUT2D eigenvalue weighted by Gasteiger charge is 2.29. The first kappa shape index (κ1) is 17.1. The summed E-state index contributed by atoms with van der Waals surface area (Å²) in [5.41, 5.74) is 0. The molecule has 1 unspecified atom stereocenters.